The summed E-state index contributed by atoms with van der Waals surface area (Å²) in [6, 6.07) is 10.2. The predicted octanol–water partition coefficient (Wildman–Crippen LogP) is 4.24. The number of rotatable bonds is 6. The number of hydrogen-bond donors (Lipinski definition) is 1. The first-order valence-corrected chi connectivity index (χ1v) is 7.45. The fraction of sp³-hybridized carbons (Fsp3) is 0.389. The first-order valence-electron chi connectivity index (χ1n) is 7.45. The van der Waals surface area contributed by atoms with Gasteiger partial charge in [0.2, 0.25) is 5.88 Å². The summed E-state index contributed by atoms with van der Waals surface area (Å²) in [6.45, 7) is 10.3. The lowest BCUT2D eigenvalue weighted by Gasteiger charge is -2.12. The quantitative estimate of drug-likeness (QED) is 0.861. The molecule has 1 heterocycles. The van der Waals surface area contributed by atoms with E-state index in [9.17, 15) is 0 Å². The van der Waals surface area contributed by atoms with Gasteiger partial charge in [0.15, 0.2) is 0 Å². The molecule has 1 aromatic carbocycles. The highest BCUT2D eigenvalue weighted by Gasteiger charge is 2.07. The first kappa shape index (κ1) is 15.5. The van der Waals surface area contributed by atoms with Crippen molar-refractivity contribution < 1.29 is 4.74 Å². The fourth-order valence-corrected chi connectivity index (χ4v) is 2.25. The van der Waals surface area contributed by atoms with Crippen molar-refractivity contribution in [1.82, 2.24) is 10.3 Å². The number of hydrogen-bond acceptors (Lipinski definition) is 3. The minimum atomic E-state index is 0.630. The van der Waals surface area contributed by atoms with E-state index in [0.717, 1.165) is 24.4 Å². The zero-order valence-corrected chi connectivity index (χ0v) is 13.3. The monoisotopic (exact) mass is 284 g/mol. The molecule has 0 amide bonds. The molecule has 0 atom stereocenters. The minimum absolute atomic E-state index is 0.630. The van der Waals surface area contributed by atoms with Crippen molar-refractivity contribution in [3.8, 4) is 11.6 Å². The van der Waals surface area contributed by atoms with Crippen LogP contribution in [0.25, 0.3) is 0 Å². The second-order valence-electron chi connectivity index (χ2n) is 5.92. The van der Waals surface area contributed by atoms with Gasteiger partial charge in [0.25, 0.3) is 0 Å². The molecular formula is C18H24N2O. The molecule has 2 aromatic rings. The van der Waals surface area contributed by atoms with Crippen LogP contribution < -0.4 is 10.1 Å². The zero-order chi connectivity index (χ0) is 15.2. The maximum Gasteiger partial charge on any atom is 0.223 e. The van der Waals surface area contributed by atoms with Crippen molar-refractivity contribution in [3.63, 3.8) is 0 Å². The third-order valence-electron chi connectivity index (χ3n) is 3.13. The van der Waals surface area contributed by atoms with Crippen LogP contribution in [0.5, 0.6) is 11.6 Å². The topological polar surface area (TPSA) is 34.1 Å². The van der Waals surface area contributed by atoms with E-state index < -0.39 is 0 Å². The summed E-state index contributed by atoms with van der Waals surface area (Å²) in [4.78, 5) is 4.37. The summed E-state index contributed by atoms with van der Waals surface area (Å²) >= 11 is 0. The summed E-state index contributed by atoms with van der Waals surface area (Å²) in [6.07, 6.45) is 1.77. The third kappa shape index (κ3) is 4.87. The van der Waals surface area contributed by atoms with Gasteiger partial charge in [0.1, 0.15) is 5.75 Å². The average molecular weight is 284 g/mol. The van der Waals surface area contributed by atoms with E-state index in [1.165, 1.54) is 11.1 Å². The second kappa shape index (κ2) is 7.23. The van der Waals surface area contributed by atoms with E-state index in [-0.39, 0.29) is 0 Å². The van der Waals surface area contributed by atoms with Crippen molar-refractivity contribution in [2.75, 3.05) is 6.54 Å². The van der Waals surface area contributed by atoms with Gasteiger partial charge in [-0.15, -0.1) is 0 Å². The Kier molecular flexibility index (Phi) is 5.34. The molecule has 21 heavy (non-hydrogen) atoms. The van der Waals surface area contributed by atoms with Gasteiger partial charge in [0.05, 0.1) is 0 Å². The van der Waals surface area contributed by atoms with Crippen LogP contribution in [-0.4, -0.2) is 11.5 Å². The maximum absolute atomic E-state index is 5.98. The van der Waals surface area contributed by atoms with Crippen LogP contribution in [0.3, 0.4) is 0 Å². The lowest BCUT2D eigenvalue weighted by Crippen LogP contribution is -2.19. The Balaban J connectivity index is 2.12. The number of benzene rings is 1. The Labute approximate surface area is 127 Å². The van der Waals surface area contributed by atoms with Crippen LogP contribution in [0.1, 0.15) is 30.5 Å². The lowest BCUT2D eigenvalue weighted by molar-refractivity contribution is 0.449. The summed E-state index contributed by atoms with van der Waals surface area (Å²) in [5.41, 5.74) is 3.47. The van der Waals surface area contributed by atoms with Crippen molar-refractivity contribution >= 4 is 0 Å². The van der Waals surface area contributed by atoms with Crippen LogP contribution in [-0.2, 0) is 6.54 Å². The molecule has 0 unspecified atom stereocenters. The predicted molar refractivity (Wildman–Crippen MR) is 86.8 cm³/mol. The lowest BCUT2D eigenvalue weighted by atomic mass is 10.1. The van der Waals surface area contributed by atoms with Crippen LogP contribution in [0.4, 0.5) is 0 Å². The average Bonchev–Trinajstić information content (AvgIpc) is 2.39. The van der Waals surface area contributed by atoms with E-state index in [0.29, 0.717) is 11.8 Å². The molecule has 0 spiro atoms. The molecule has 0 aliphatic heterocycles. The number of nitrogens with one attached hydrogen (secondary N) is 1. The molecule has 112 valence electrons. The number of aryl methyl sites for hydroxylation is 2. The highest BCUT2D eigenvalue weighted by atomic mass is 16.5. The number of nitrogens with zero attached hydrogens (tertiary/aromatic N) is 1. The summed E-state index contributed by atoms with van der Waals surface area (Å²) < 4.78 is 5.98. The molecule has 1 aromatic heterocycles. The molecule has 0 fully saturated rings. The number of ether oxygens (including phenoxy) is 1. The van der Waals surface area contributed by atoms with Crippen LogP contribution >= 0.6 is 0 Å². The highest BCUT2D eigenvalue weighted by Crippen LogP contribution is 2.24. The van der Waals surface area contributed by atoms with Crippen LogP contribution in [0.2, 0.25) is 0 Å². The van der Waals surface area contributed by atoms with E-state index in [1.54, 1.807) is 6.20 Å². The fourth-order valence-electron chi connectivity index (χ4n) is 2.25. The smallest absolute Gasteiger partial charge is 0.223 e. The molecule has 0 radical (unpaired) electrons. The van der Waals surface area contributed by atoms with Crippen molar-refractivity contribution in [1.29, 1.82) is 0 Å². The van der Waals surface area contributed by atoms with Gasteiger partial charge >= 0.3 is 0 Å². The van der Waals surface area contributed by atoms with Crippen LogP contribution in [0, 0.1) is 19.8 Å². The van der Waals surface area contributed by atoms with Gasteiger partial charge in [-0.3, -0.25) is 0 Å². The zero-order valence-electron chi connectivity index (χ0n) is 13.3. The van der Waals surface area contributed by atoms with Gasteiger partial charge in [-0.25, -0.2) is 4.98 Å². The van der Waals surface area contributed by atoms with Crippen LogP contribution in [0.15, 0.2) is 36.5 Å². The molecule has 0 bridgehead atoms. The molecule has 1 N–H and O–H groups in total. The van der Waals surface area contributed by atoms with Gasteiger partial charge < -0.3 is 10.1 Å². The normalized spacial score (nSPS) is 10.9. The molecule has 2 rings (SSSR count). The standard InChI is InChI=1S/C18H24N2O/c1-13(2)11-19-12-16-6-5-7-20-18(16)21-17-9-14(3)8-15(4)10-17/h5-10,13,19H,11-12H2,1-4H3. The van der Waals surface area contributed by atoms with Crippen molar-refractivity contribution in [3.05, 3.63) is 53.2 Å². The Morgan fingerprint density at radius 2 is 1.86 bits per heavy atom. The van der Waals surface area contributed by atoms with Gasteiger partial charge in [-0.2, -0.15) is 0 Å². The van der Waals surface area contributed by atoms with Gasteiger partial charge in [-0.1, -0.05) is 26.0 Å². The molecule has 3 nitrogen and oxygen atoms in total. The minimum Gasteiger partial charge on any atom is -0.439 e. The third-order valence-corrected chi connectivity index (χ3v) is 3.13. The Bertz CT molecular complexity index is 573. The summed E-state index contributed by atoms with van der Waals surface area (Å²) in [5, 5.41) is 3.43. The molecule has 0 aliphatic carbocycles. The van der Waals surface area contributed by atoms with Crippen molar-refractivity contribution in [2.45, 2.75) is 34.2 Å². The largest absolute Gasteiger partial charge is 0.439 e. The first-order chi connectivity index (χ1) is 10.0. The molecule has 0 saturated carbocycles. The maximum atomic E-state index is 5.98. The van der Waals surface area contributed by atoms with Gasteiger partial charge in [-0.05, 0) is 55.6 Å². The molecule has 0 aliphatic rings. The summed E-state index contributed by atoms with van der Waals surface area (Å²) in [7, 11) is 0. The van der Waals surface area contributed by atoms with Gasteiger partial charge in [0, 0.05) is 18.3 Å². The highest BCUT2D eigenvalue weighted by molar-refractivity contribution is 5.37. The van der Waals surface area contributed by atoms with Crippen molar-refractivity contribution in [2.24, 2.45) is 5.92 Å². The Hall–Kier alpha value is -1.87. The Morgan fingerprint density at radius 1 is 1.14 bits per heavy atom. The molecule has 0 saturated heterocycles. The SMILES string of the molecule is Cc1cc(C)cc(Oc2ncccc2CNCC(C)C)c1. The molecule has 3 heteroatoms. The molecular weight excluding hydrogens is 260 g/mol. The van der Waals surface area contributed by atoms with E-state index in [2.05, 4.69) is 50.1 Å². The number of aromatic nitrogens is 1. The number of pyridine rings is 1. The summed E-state index contributed by atoms with van der Waals surface area (Å²) in [5.74, 6) is 2.15. The van der Waals surface area contributed by atoms with E-state index in [1.807, 2.05) is 18.2 Å². The second-order valence-corrected chi connectivity index (χ2v) is 5.92. The van der Waals surface area contributed by atoms with E-state index >= 15 is 0 Å². The Morgan fingerprint density at radius 3 is 2.52 bits per heavy atom. The van der Waals surface area contributed by atoms with E-state index in [4.69, 9.17) is 4.74 Å².